The highest BCUT2D eigenvalue weighted by atomic mass is 16.5. The van der Waals surface area contributed by atoms with Crippen molar-refractivity contribution in [2.45, 2.75) is 83.5 Å². The second-order valence-electron chi connectivity index (χ2n) is 9.48. The minimum Gasteiger partial charge on any atom is -0.463 e. The van der Waals surface area contributed by atoms with Gasteiger partial charge in [-0.25, -0.2) is 0 Å². The van der Waals surface area contributed by atoms with E-state index >= 15 is 0 Å². The van der Waals surface area contributed by atoms with E-state index in [1.165, 1.54) is 11.1 Å². The van der Waals surface area contributed by atoms with Crippen LogP contribution in [0.4, 0.5) is 0 Å². The van der Waals surface area contributed by atoms with Gasteiger partial charge in [0.1, 0.15) is 0 Å². The van der Waals surface area contributed by atoms with Crippen molar-refractivity contribution in [3.8, 4) is 0 Å². The highest BCUT2D eigenvalue weighted by Crippen LogP contribution is 2.50. The fourth-order valence-corrected chi connectivity index (χ4v) is 5.13. The summed E-state index contributed by atoms with van der Waals surface area (Å²) in [5.74, 6) is 1.01. The molecule has 0 spiro atoms. The van der Waals surface area contributed by atoms with E-state index in [0.29, 0.717) is 24.7 Å². The fraction of sp³-hybridized carbons (Fsp3) is 0.593. The number of fused-ring (bicyclic) bond motifs is 1. The van der Waals surface area contributed by atoms with E-state index in [9.17, 15) is 15.0 Å². The number of benzene rings is 1. The van der Waals surface area contributed by atoms with Crippen LogP contribution in [0.1, 0.15) is 64.4 Å². The van der Waals surface area contributed by atoms with Gasteiger partial charge in [0, 0.05) is 12.3 Å². The first-order chi connectivity index (χ1) is 14.9. The molecular weight excluding hydrogens is 388 g/mol. The van der Waals surface area contributed by atoms with E-state index in [0.717, 1.165) is 38.5 Å². The summed E-state index contributed by atoms with van der Waals surface area (Å²) in [5, 5.41) is 20.9. The van der Waals surface area contributed by atoms with Crippen LogP contribution in [0.15, 0.2) is 54.1 Å². The smallest absolute Gasteiger partial charge is 0.306 e. The van der Waals surface area contributed by atoms with Gasteiger partial charge in [0.25, 0.3) is 0 Å². The molecule has 2 aliphatic rings. The topological polar surface area (TPSA) is 66.8 Å². The van der Waals surface area contributed by atoms with Crippen LogP contribution < -0.4 is 0 Å². The number of ether oxygens (including phenoxy) is 1. The zero-order chi connectivity index (χ0) is 22.2. The number of carbonyl (C=O) groups is 1. The molecule has 0 aromatic heterocycles. The van der Waals surface area contributed by atoms with Crippen LogP contribution in [0.25, 0.3) is 0 Å². The second kappa shape index (κ2) is 11.6. The second-order valence-corrected chi connectivity index (χ2v) is 9.48. The number of allylic oxidation sites excluding steroid dienone is 2. The number of aliphatic hydroxyl groups excluding tert-OH is 2. The Morgan fingerprint density at radius 1 is 1.23 bits per heavy atom. The fourth-order valence-electron chi connectivity index (χ4n) is 5.13. The van der Waals surface area contributed by atoms with Gasteiger partial charge in [-0.1, -0.05) is 54.1 Å². The maximum absolute atomic E-state index is 11.6. The predicted molar refractivity (Wildman–Crippen MR) is 123 cm³/mol. The first kappa shape index (κ1) is 23.7. The Morgan fingerprint density at radius 2 is 2.00 bits per heavy atom. The SMILES string of the molecule is CC(C)OC(=O)CCC/C=C1\CC2CC(O)C(/C=C/C(O)CCc3ccccc3)C2C1. The van der Waals surface area contributed by atoms with Crippen molar-refractivity contribution in [1.29, 1.82) is 0 Å². The summed E-state index contributed by atoms with van der Waals surface area (Å²) >= 11 is 0. The molecule has 31 heavy (non-hydrogen) atoms. The lowest BCUT2D eigenvalue weighted by molar-refractivity contribution is -0.147. The number of esters is 1. The molecule has 4 nitrogen and oxygen atoms in total. The summed E-state index contributed by atoms with van der Waals surface area (Å²) in [6, 6.07) is 10.2. The third-order valence-electron chi connectivity index (χ3n) is 6.62. The lowest BCUT2D eigenvalue weighted by Gasteiger charge is -2.18. The molecule has 170 valence electrons. The van der Waals surface area contributed by atoms with Crippen molar-refractivity contribution in [2.75, 3.05) is 0 Å². The average Bonchev–Trinajstić information content (AvgIpc) is 3.24. The predicted octanol–water partition coefficient (Wildman–Crippen LogP) is 4.99. The molecule has 2 saturated carbocycles. The number of hydrogen-bond acceptors (Lipinski definition) is 4. The van der Waals surface area contributed by atoms with E-state index in [2.05, 4.69) is 24.3 Å². The van der Waals surface area contributed by atoms with Gasteiger partial charge in [-0.2, -0.15) is 0 Å². The van der Waals surface area contributed by atoms with Gasteiger partial charge in [-0.15, -0.1) is 0 Å². The number of aryl methyl sites for hydroxylation is 1. The average molecular weight is 427 g/mol. The third kappa shape index (κ3) is 7.33. The molecule has 0 amide bonds. The van der Waals surface area contributed by atoms with Crippen molar-refractivity contribution in [3.05, 3.63) is 59.7 Å². The van der Waals surface area contributed by atoms with Gasteiger partial charge in [0.15, 0.2) is 0 Å². The zero-order valence-electron chi connectivity index (χ0n) is 19.0. The van der Waals surface area contributed by atoms with Crippen molar-refractivity contribution in [1.82, 2.24) is 0 Å². The molecule has 3 rings (SSSR count). The molecule has 1 aromatic rings. The molecule has 2 fully saturated rings. The van der Waals surface area contributed by atoms with E-state index in [1.54, 1.807) is 0 Å². The highest BCUT2D eigenvalue weighted by molar-refractivity contribution is 5.69. The van der Waals surface area contributed by atoms with Crippen molar-refractivity contribution in [2.24, 2.45) is 17.8 Å². The summed E-state index contributed by atoms with van der Waals surface area (Å²) in [6.07, 6.45) is 12.1. The first-order valence-corrected chi connectivity index (χ1v) is 11.9. The Morgan fingerprint density at radius 3 is 2.74 bits per heavy atom. The van der Waals surface area contributed by atoms with E-state index < -0.39 is 6.10 Å². The summed E-state index contributed by atoms with van der Waals surface area (Å²) in [7, 11) is 0. The van der Waals surface area contributed by atoms with Crippen LogP contribution in [0.2, 0.25) is 0 Å². The monoisotopic (exact) mass is 426 g/mol. The number of carbonyl (C=O) groups excluding carboxylic acids is 1. The van der Waals surface area contributed by atoms with Crippen molar-refractivity contribution < 1.29 is 19.7 Å². The van der Waals surface area contributed by atoms with Crippen LogP contribution in [-0.2, 0) is 16.0 Å². The molecule has 2 N–H and O–H groups in total. The maximum atomic E-state index is 11.6. The highest BCUT2D eigenvalue weighted by Gasteiger charge is 2.44. The quantitative estimate of drug-likeness (QED) is 0.314. The van der Waals surface area contributed by atoms with Crippen LogP contribution in [0, 0.1) is 17.8 Å². The molecule has 5 atom stereocenters. The lowest BCUT2D eigenvalue weighted by atomic mass is 9.90. The number of hydrogen-bond donors (Lipinski definition) is 2. The number of rotatable bonds is 10. The molecule has 0 saturated heterocycles. The molecule has 2 aliphatic carbocycles. The van der Waals surface area contributed by atoms with E-state index in [1.807, 2.05) is 38.1 Å². The molecule has 0 aliphatic heterocycles. The largest absolute Gasteiger partial charge is 0.463 e. The number of aliphatic hydroxyl groups is 2. The Kier molecular flexibility index (Phi) is 8.91. The maximum Gasteiger partial charge on any atom is 0.306 e. The van der Waals surface area contributed by atoms with Crippen LogP contribution in [0.5, 0.6) is 0 Å². The standard InChI is InChI=1S/C27H38O4/c1-19(2)31-27(30)11-7-6-10-21-16-22-18-26(29)24(25(22)17-21)15-14-23(28)13-12-20-8-4-3-5-9-20/h3-5,8-10,14-15,19,22-26,28-29H,6-7,11-13,16-18H2,1-2H3/b15-14+,21-10+. The van der Waals surface area contributed by atoms with E-state index in [-0.39, 0.29) is 24.1 Å². The molecule has 1 aromatic carbocycles. The molecule has 5 unspecified atom stereocenters. The number of unbranched alkanes of at least 4 members (excludes halogenated alkanes) is 1. The molecule has 0 bridgehead atoms. The molecule has 0 heterocycles. The van der Waals surface area contributed by atoms with Gasteiger partial charge in [0.2, 0.25) is 0 Å². The zero-order valence-corrected chi connectivity index (χ0v) is 19.0. The van der Waals surface area contributed by atoms with Gasteiger partial charge in [0.05, 0.1) is 18.3 Å². The van der Waals surface area contributed by atoms with E-state index in [4.69, 9.17) is 4.74 Å². The lowest BCUT2D eigenvalue weighted by Crippen LogP contribution is -2.17. The minimum absolute atomic E-state index is 0.0478. The Labute approximate surface area is 187 Å². The first-order valence-electron chi connectivity index (χ1n) is 11.9. The van der Waals surface area contributed by atoms with Gasteiger partial charge in [-0.3, -0.25) is 4.79 Å². The van der Waals surface area contributed by atoms with Gasteiger partial charge in [-0.05, 0) is 76.2 Å². The Balaban J connectivity index is 1.44. The van der Waals surface area contributed by atoms with Crippen LogP contribution >= 0.6 is 0 Å². The molecular formula is C27H38O4. The Bertz CT molecular complexity index is 752. The van der Waals surface area contributed by atoms with Gasteiger partial charge < -0.3 is 14.9 Å². The normalized spacial score (nSPS) is 27.8. The van der Waals surface area contributed by atoms with Crippen molar-refractivity contribution in [3.63, 3.8) is 0 Å². The summed E-state index contributed by atoms with van der Waals surface area (Å²) in [4.78, 5) is 11.6. The molecule has 4 heteroatoms. The van der Waals surface area contributed by atoms with Crippen LogP contribution in [0.3, 0.4) is 0 Å². The molecule has 0 radical (unpaired) electrons. The minimum atomic E-state index is -0.478. The summed E-state index contributed by atoms with van der Waals surface area (Å²) in [5.41, 5.74) is 2.70. The summed E-state index contributed by atoms with van der Waals surface area (Å²) in [6.45, 7) is 3.75. The third-order valence-corrected chi connectivity index (χ3v) is 6.62. The Hall–Kier alpha value is -1.91. The summed E-state index contributed by atoms with van der Waals surface area (Å²) < 4.78 is 5.18. The van der Waals surface area contributed by atoms with Crippen molar-refractivity contribution >= 4 is 5.97 Å². The van der Waals surface area contributed by atoms with Gasteiger partial charge >= 0.3 is 5.97 Å². The van der Waals surface area contributed by atoms with Crippen LogP contribution in [-0.4, -0.2) is 34.5 Å².